The minimum atomic E-state index is 0.348. The molecule has 3 heteroatoms. The van der Waals surface area contributed by atoms with Crippen molar-refractivity contribution in [2.75, 3.05) is 0 Å². The van der Waals surface area contributed by atoms with E-state index in [0.29, 0.717) is 11.4 Å². The Labute approximate surface area is 54.8 Å². The lowest BCUT2D eigenvalue weighted by molar-refractivity contribution is 1.34. The molecule has 0 aliphatic rings. The predicted octanol–water partition coefficient (Wildman–Crippen LogP) is 0.917. The normalized spacial score (nSPS) is 12.4. The van der Waals surface area contributed by atoms with Crippen molar-refractivity contribution in [2.24, 2.45) is 10.7 Å². The summed E-state index contributed by atoms with van der Waals surface area (Å²) in [5.74, 6) is 0. The minimum Gasteiger partial charge on any atom is -0.396 e. The van der Waals surface area contributed by atoms with Crippen LogP contribution in [0.5, 0.6) is 0 Å². The Bertz CT molecular complexity index is 156. The molecule has 0 aromatic carbocycles. The van der Waals surface area contributed by atoms with Gasteiger partial charge in [-0.2, -0.15) is 0 Å². The molecule has 50 valence electrons. The van der Waals surface area contributed by atoms with Crippen molar-refractivity contribution in [3.63, 3.8) is 0 Å². The molecule has 0 radical (unpaired) electrons. The zero-order valence-electron chi connectivity index (χ0n) is 5.68. The van der Waals surface area contributed by atoms with Gasteiger partial charge in [-0.1, -0.05) is 0 Å². The summed E-state index contributed by atoms with van der Waals surface area (Å²) in [4.78, 5) is 3.74. The lowest BCUT2D eigenvalue weighted by Crippen LogP contribution is -2.05. The highest BCUT2D eigenvalue weighted by Crippen LogP contribution is 1.85. The molecule has 0 atom stereocenters. The zero-order chi connectivity index (χ0) is 7.28. The van der Waals surface area contributed by atoms with Crippen molar-refractivity contribution in [1.82, 2.24) is 0 Å². The van der Waals surface area contributed by atoms with Crippen LogP contribution in [0.15, 0.2) is 16.9 Å². The third-order valence-corrected chi connectivity index (χ3v) is 0.796. The summed E-state index contributed by atoms with van der Waals surface area (Å²) in [6.07, 6.45) is 3.08. The Hall–Kier alpha value is -1.12. The number of rotatable bonds is 2. The topological polar surface area (TPSA) is 62.2 Å². The number of hydrogen-bond donors (Lipinski definition) is 2. The molecule has 3 N–H and O–H groups in total. The molecular formula is C6H11N3. The molecule has 0 aromatic heterocycles. The number of aliphatic imine (C=N–C) groups is 1. The molecule has 0 aliphatic heterocycles. The van der Waals surface area contributed by atoms with Crippen LogP contribution in [-0.4, -0.2) is 11.9 Å². The molecule has 3 nitrogen and oxygen atoms in total. The van der Waals surface area contributed by atoms with E-state index in [4.69, 9.17) is 11.1 Å². The van der Waals surface area contributed by atoms with Crippen LogP contribution >= 0.6 is 0 Å². The third-order valence-electron chi connectivity index (χ3n) is 0.796. The van der Waals surface area contributed by atoms with Gasteiger partial charge >= 0.3 is 0 Å². The van der Waals surface area contributed by atoms with E-state index in [2.05, 4.69) is 4.99 Å². The highest BCUT2D eigenvalue weighted by Gasteiger charge is 1.87. The molecule has 0 saturated heterocycles. The van der Waals surface area contributed by atoms with Crippen LogP contribution in [0.4, 0.5) is 0 Å². The van der Waals surface area contributed by atoms with Crippen LogP contribution in [0, 0.1) is 5.41 Å². The monoisotopic (exact) mass is 125 g/mol. The maximum atomic E-state index is 7.01. The van der Waals surface area contributed by atoms with Crippen molar-refractivity contribution in [2.45, 2.75) is 13.8 Å². The van der Waals surface area contributed by atoms with E-state index < -0.39 is 0 Å². The molecular weight excluding hydrogens is 114 g/mol. The van der Waals surface area contributed by atoms with E-state index in [0.717, 1.165) is 0 Å². The second-order valence-electron chi connectivity index (χ2n) is 1.62. The Morgan fingerprint density at radius 3 is 2.56 bits per heavy atom. The van der Waals surface area contributed by atoms with Crippen LogP contribution in [0.3, 0.4) is 0 Å². The van der Waals surface area contributed by atoms with Gasteiger partial charge < -0.3 is 11.1 Å². The van der Waals surface area contributed by atoms with E-state index in [1.165, 1.54) is 6.20 Å². The fourth-order valence-corrected chi connectivity index (χ4v) is 0.252. The van der Waals surface area contributed by atoms with Gasteiger partial charge in [0, 0.05) is 6.21 Å². The predicted molar refractivity (Wildman–Crippen MR) is 39.8 cm³/mol. The molecule has 0 amide bonds. The van der Waals surface area contributed by atoms with E-state index in [9.17, 15) is 0 Å². The maximum absolute atomic E-state index is 7.01. The van der Waals surface area contributed by atoms with Crippen molar-refractivity contribution in [3.05, 3.63) is 11.9 Å². The first kappa shape index (κ1) is 7.88. The summed E-state index contributed by atoms with van der Waals surface area (Å²) in [5, 5.41) is 7.01. The standard InChI is InChI=1S/C6H11N3/c1-3-9-4-6(8)5(2)7/h3-4,7H,8H2,1-2H3/b6-4+,7-5?,9-3?. The van der Waals surface area contributed by atoms with Gasteiger partial charge in [-0.15, -0.1) is 0 Å². The summed E-state index contributed by atoms with van der Waals surface area (Å²) in [6.45, 7) is 3.42. The molecule has 0 saturated carbocycles. The Kier molecular flexibility index (Phi) is 3.35. The zero-order valence-corrected chi connectivity index (χ0v) is 5.68. The summed E-state index contributed by atoms with van der Waals surface area (Å²) in [7, 11) is 0. The average molecular weight is 125 g/mol. The molecule has 0 aromatic rings. The number of allylic oxidation sites excluding steroid dienone is 1. The average Bonchev–Trinajstić information content (AvgIpc) is 1.82. The molecule has 0 fully saturated rings. The molecule has 0 heterocycles. The van der Waals surface area contributed by atoms with Gasteiger partial charge in [0.1, 0.15) is 0 Å². The quantitative estimate of drug-likeness (QED) is 0.529. The number of nitrogens with one attached hydrogen (secondary N) is 1. The fourth-order valence-electron chi connectivity index (χ4n) is 0.252. The molecule has 9 heavy (non-hydrogen) atoms. The summed E-state index contributed by atoms with van der Waals surface area (Å²) in [5.41, 5.74) is 6.08. The number of nitrogens with zero attached hydrogens (tertiary/aromatic N) is 1. The molecule has 0 unspecified atom stereocenters. The van der Waals surface area contributed by atoms with Gasteiger partial charge in [-0.3, -0.25) is 4.99 Å². The molecule has 0 spiro atoms. The van der Waals surface area contributed by atoms with Gasteiger partial charge in [0.2, 0.25) is 0 Å². The Morgan fingerprint density at radius 2 is 2.22 bits per heavy atom. The van der Waals surface area contributed by atoms with Gasteiger partial charge in [-0.05, 0) is 13.8 Å². The molecule has 0 aliphatic carbocycles. The summed E-state index contributed by atoms with van der Waals surface area (Å²) < 4.78 is 0. The van der Waals surface area contributed by atoms with Crippen molar-refractivity contribution in [3.8, 4) is 0 Å². The third kappa shape index (κ3) is 3.46. The SMILES string of the molecule is CC=N/C=C(/N)C(C)=N. The Morgan fingerprint density at radius 1 is 1.67 bits per heavy atom. The van der Waals surface area contributed by atoms with Crippen LogP contribution in [0.1, 0.15) is 13.8 Å². The minimum absolute atomic E-state index is 0.348. The second kappa shape index (κ2) is 3.83. The van der Waals surface area contributed by atoms with Crippen LogP contribution in [0.25, 0.3) is 0 Å². The van der Waals surface area contributed by atoms with E-state index in [-0.39, 0.29) is 0 Å². The van der Waals surface area contributed by atoms with Crippen LogP contribution in [-0.2, 0) is 0 Å². The van der Waals surface area contributed by atoms with Gasteiger partial charge in [0.15, 0.2) is 0 Å². The number of nitrogens with two attached hydrogens (primary N) is 1. The lowest BCUT2D eigenvalue weighted by atomic mass is 10.3. The van der Waals surface area contributed by atoms with E-state index >= 15 is 0 Å². The summed E-state index contributed by atoms with van der Waals surface area (Å²) >= 11 is 0. The van der Waals surface area contributed by atoms with Crippen molar-refractivity contribution >= 4 is 11.9 Å². The lowest BCUT2D eigenvalue weighted by Gasteiger charge is -1.91. The fraction of sp³-hybridized carbons (Fsp3) is 0.333. The summed E-state index contributed by atoms with van der Waals surface area (Å²) in [6, 6.07) is 0. The second-order valence-corrected chi connectivity index (χ2v) is 1.62. The Balaban J connectivity index is 4.00. The first-order chi connectivity index (χ1) is 4.18. The van der Waals surface area contributed by atoms with Crippen LogP contribution in [0.2, 0.25) is 0 Å². The van der Waals surface area contributed by atoms with E-state index in [1.54, 1.807) is 20.1 Å². The van der Waals surface area contributed by atoms with Gasteiger partial charge in [-0.25, -0.2) is 0 Å². The van der Waals surface area contributed by atoms with Gasteiger partial charge in [0.05, 0.1) is 17.6 Å². The first-order valence-corrected chi connectivity index (χ1v) is 2.67. The van der Waals surface area contributed by atoms with Crippen molar-refractivity contribution in [1.29, 1.82) is 5.41 Å². The van der Waals surface area contributed by atoms with E-state index in [1.807, 2.05) is 0 Å². The van der Waals surface area contributed by atoms with Crippen LogP contribution < -0.4 is 5.73 Å². The first-order valence-electron chi connectivity index (χ1n) is 2.67. The largest absolute Gasteiger partial charge is 0.396 e. The molecule has 0 bridgehead atoms. The number of hydrogen-bond acceptors (Lipinski definition) is 3. The highest BCUT2D eigenvalue weighted by molar-refractivity contribution is 5.94. The highest BCUT2D eigenvalue weighted by atomic mass is 14.7. The van der Waals surface area contributed by atoms with Crippen molar-refractivity contribution < 1.29 is 0 Å². The smallest absolute Gasteiger partial charge is 0.0708 e. The molecule has 0 rings (SSSR count). The van der Waals surface area contributed by atoms with Gasteiger partial charge in [0.25, 0.3) is 0 Å². The maximum Gasteiger partial charge on any atom is 0.0708 e.